The summed E-state index contributed by atoms with van der Waals surface area (Å²) in [6.45, 7) is 3.04. The van der Waals surface area contributed by atoms with E-state index in [1.165, 1.54) is 23.2 Å². The van der Waals surface area contributed by atoms with Crippen molar-refractivity contribution in [2.45, 2.75) is 23.6 Å². The van der Waals surface area contributed by atoms with Gasteiger partial charge in [0.2, 0.25) is 0 Å². The number of hydrogen-bond donors (Lipinski definition) is 4. The second kappa shape index (κ2) is 23.0. The molecule has 6 rings (SSSR count). The molecule has 0 unspecified atom stereocenters. The first kappa shape index (κ1) is 55.9. The topological polar surface area (TPSA) is 366 Å². The van der Waals surface area contributed by atoms with E-state index in [4.69, 9.17) is 9.11 Å². The first-order valence-corrected chi connectivity index (χ1v) is 18.6. The number of para-hydroxylation sites is 2. The first-order valence-electron chi connectivity index (χ1n) is 15.7. The Bertz CT molecular complexity index is 2810. The summed E-state index contributed by atoms with van der Waals surface area (Å²) in [6.07, 6.45) is 0. The number of non-ortho nitro benzene ring substituents is 2. The molecule has 0 radical (unpaired) electrons. The van der Waals surface area contributed by atoms with Gasteiger partial charge in [0.25, 0.3) is 42.7 Å². The molecule has 0 aliphatic heterocycles. The van der Waals surface area contributed by atoms with Crippen LogP contribution in [0.4, 0.5) is 34.1 Å². The number of aromatic nitrogens is 4. The maximum Gasteiger partial charge on any atom is 1.00 e. The van der Waals surface area contributed by atoms with Crippen molar-refractivity contribution in [1.29, 1.82) is 0 Å². The molecule has 0 amide bonds. The second-order valence-corrected chi connectivity index (χ2v) is 14.4. The third-order valence-corrected chi connectivity index (χ3v) is 9.36. The van der Waals surface area contributed by atoms with Crippen molar-refractivity contribution in [3.8, 4) is 22.9 Å². The summed E-state index contributed by atoms with van der Waals surface area (Å²) >= 11 is 0. The summed E-state index contributed by atoms with van der Waals surface area (Å²) < 4.78 is 65.9. The number of nitro groups is 2. The molecule has 4 aromatic carbocycles. The van der Waals surface area contributed by atoms with Crippen LogP contribution < -0.4 is 110 Å². The molecule has 2 heterocycles. The Hall–Kier alpha value is -4.15. The van der Waals surface area contributed by atoms with Crippen LogP contribution in [0.25, 0.3) is 11.4 Å². The Balaban J connectivity index is 0.000000582. The van der Waals surface area contributed by atoms with Crippen molar-refractivity contribution in [1.82, 2.24) is 19.6 Å². The number of aryl methyl sites for hydroxylation is 2. The predicted molar refractivity (Wildman–Crippen MR) is 195 cm³/mol. The molecule has 0 saturated heterocycles. The predicted octanol–water partition coefficient (Wildman–Crippen LogP) is -4.75. The van der Waals surface area contributed by atoms with E-state index in [2.05, 4.69) is 30.7 Å². The van der Waals surface area contributed by atoms with Gasteiger partial charge in [0.15, 0.2) is 11.4 Å². The molecule has 0 fully saturated rings. The number of nitrogens with zero attached hydrogens (tertiary/aromatic N) is 8. The first-order chi connectivity index (χ1) is 27.2. The average Bonchev–Trinajstić information content (AvgIpc) is 3.61. The Kier molecular flexibility index (Phi) is 20.7. The summed E-state index contributed by atoms with van der Waals surface area (Å²) in [5.74, 6) is -2.59. The van der Waals surface area contributed by atoms with Crippen LogP contribution in [-0.4, -0.2) is 55.3 Å². The fraction of sp³-hybridized carbons (Fsp3) is 0.0625. The monoisotopic (exact) mass is 957 g/mol. The number of hydrogen-bond acceptors (Lipinski definition) is 16. The van der Waals surface area contributed by atoms with E-state index < -0.39 is 85.2 Å². The van der Waals surface area contributed by atoms with E-state index in [-0.39, 0.29) is 129 Å². The molecule has 2 aromatic heterocycles. The molecule has 6 aromatic rings. The van der Waals surface area contributed by atoms with Crippen LogP contribution in [0.5, 0.6) is 11.5 Å². The normalized spacial score (nSPS) is 11.0. The molecule has 0 bridgehead atoms. The Labute approximate surface area is 425 Å². The zero-order chi connectivity index (χ0) is 42.7. The number of aromatic amines is 2. The minimum atomic E-state index is -5.03. The van der Waals surface area contributed by atoms with Gasteiger partial charge in [-0.15, -0.1) is 10.2 Å². The third kappa shape index (κ3) is 13.0. The van der Waals surface area contributed by atoms with E-state index in [0.29, 0.717) is 35.6 Å². The molecule has 306 valence electrons. The summed E-state index contributed by atoms with van der Waals surface area (Å²) in [6, 6.07) is 19.2. The maximum atomic E-state index is 12.6. The van der Waals surface area contributed by atoms with Gasteiger partial charge >= 0.3 is 88.7 Å². The number of nitrogens with one attached hydrogen (secondary N) is 2. The van der Waals surface area contributed by atoms with Crippen LogP contribution in [0, 0.1) is 34.1 Å². The number of azo groups is 2. The third-order valence-electron chi connectivity index (χ3n) is 7.64. The summed E-state index contributed by atoms with van der Waals surface area (Å²) in [4.78, 5) is 42.7. The zero-order valence-electron chi connectivity index (χ0n) is 32.7. The van der Waals surface area contributed by atoms with Gasteiger partial charge in [0, 0.05) is 41.6 Å². The Morgan fingerprint density at radius 3 is 1.16 bits per heavy atom. The number of rotatable bonds is 10. The largest absolute Gasteiger partial charge is 1.00 e. The van der Waals surface area contributed by atoms with Crippen molar-refractivity contribution in [2.24, 2.45) is 20.5 Å². The number of H-pyrrole nitrogens is 2. The summed E-state index contributed by atoms with van der Waals surface area (Å²) in [5, 5.41) is 66.3. The van der Waals surface area contributed by atoms with Crippen molar-refractivity contribution < 1.29 is 152 Å². The molecule has 0 saturated carbocycles. The van der Waals surface area contributed by atoms with Gasteiger partial charge in [-0.25, -0.2) is 9.36 Å². The van der Waals surface area contributed by atoms with Crippen LogP contribution >= 0.6 is 0 Å². The Morgan fingerprint density at radius 1 is 0.581 bits per heavy atom. The number of nitro benzene ring substituents is 2. The van der Waals surface area contributed by atoms with E-state index in [1.54, 1.807) is 60.7 Å². The molecular weight excluding hydrogens is 934 g/mol. The Morgan fingerprint density at radius 2 is 0.887 bits per heavy atom. The fourth-order valence-corrected chi connectivity index (χ4v) is 6.14. The molecule has 62 heavy (non-hydrogen) atoms. The van der Waals surface area contributed by atoms with E-state index in [9.17, 15) is 56.9 Å². The average molecular weight is 958 g/mol. The van der Waals surface area contributed by atoms with Crippen LogP contribution in [-0.2, 0) is 37.6 Å². The van der Waals surface area contributed by atoms with Crippen LogP contribution in [0.2, 0.25) is 0 Å². The second-order valence-electron chi connectivity index (χ2n) is 11.6. The van der Waals surface area contributed by atoms with Gasteiger partial charge in [-0.3, -0.25) is 49.1 Å². The standard InChI is InChI=1S/2C16H13N5O7S.Cr.3Na/c2*1-9-14(16(23)20(19-9)10-5-3-2-4-6-10)18-17-12-7-11(21(24)25)8-13(15(12)22)29(26,27)28;;;;/h2*2-8,19,22H,1H3,(H,26,27,28);;;;/q;;;3*+1/p-2. The smallest absolute Gasteiger partial charge is 0.870 e. The van der Waals surface area contributed by atoms with Crippen LogP contribution in [0.15, 0.2) is 125 Å². The number of benzene rings is 4. The fourth-order valence-electron chi connectivity index (χ4n) is 4.93. The van der Waals surface area contributed by atoms with Gasteiger partial charge in [-0.1, -0.05) is 47.9 Å². The van der Waals surface area contributed by atoms with Crippen molar-refractivity contribution in [2.75, 3.05) is 0 Å². The van der Waals surface area contributed by atoms with Gasteiger partial charge in [-0.05, 0) is 38.1 Å². The molecule has 30 heteroatoms. The van der Waals surface area contributed by atoms with E-state index >= 15 is 0 Å². The molecule has 0 aliphatic rings. The van der Waals surface area contributed by atoms with Gasteiger partial charge < -0.3 is 10.2 Å². The van der Waals surface area contributed by atoms with E-state index in [0.717, 1.165) is 0 Å². The maximum absolute atomic E-state index is 12.6. The van der Waals surface area contributed by atoms with Crippen LogP contribution in [0.3, 0.4) is 0 Å². The van der Waals surface area contributed by atoms with Gasteiger partial charge in [0.1, 0.15) is 0 Å². The summed E-state index contributed by atoms with van der Waals surface area (Å²) in [7, 11) is -10.1. The van der Waals surface area contributed by atoms with Gasteiger partial charge in [0.05, 0.1) is 53.8 Å². The minimum absolute atomic E-state index is 0. The van der Waals surface area contributed by atoms with Crippen molar-refractivity contribution in [3.05, 3.63) is 137 Å². The minimum Gasteiger partial charge on any atom is -0.870 e. The zero-order valence-corrected chi connectivity index (χ0v) is 41.6. The molecule has 0 atom stereocenters. The molecule has 4 N–H and O–H groups in total. The van der Waals surface area contributed by atoms with Crippen molar-refractivity contribution >= 4 is 54.4 Å². The molecule has 0 spiro atoms. The quantitative estimate of drug-likeness (QED) is 0.0330. The summed E-state index contributed by atoms with van der Waals surface area (Å²) in [5.41, 5.74) is -3.03. The van der Waals surface area contributed by atoms with E-state index in [1.807, 2.05) is 0 Å². The molecular formula is C32H24CrN10Na3O14S2+. The van der Waals surface area contributed by atoms with Gasteiger partial charge in [-0.2, -0.15) is 27.1 Å². The molecule has 24 nitrogen and oxygen atoms in total. The SMILES string of the molecule is Cc1[nH]n(-c2ccccc2)c(=O)c1N=Nc1cc([N+](=O)[O-])cc(S(=O)(=O)O)c1[O-].Cc1[nH]n(-c2ccccc2)c(=O)c1N=Nc1cc([N+](=O)[O-])cc(S(=O)(=O)O)c1[O-].[Cr].[Na+].[Na+].[Na+]. The molecule has 0 aliphatic carbocycles. The van der Waals surface area contributed by atoms with Crippen LogP contribution in [0.1, 0.15) is 11.4 Å². The van der Waals surface area contributed by atoms with Crippen molar-refractivity contribution in [3.63, 3.8) is 0 Å².